The third-order valence-corrected chi connectivity index (χ3v) is 7.04. The molecule has 1 heterocycles. The number of hydrogen-bond acceptors (Lipinski definition) is 4. The molecule has 164 valence electrons. The zero-order valence-electron chi connectivity index (χ0n) is 17.5. The van der Waals surface area contributed by atoms with E-state index in [1.165, 1.54) is 35.5 Å². The van der Waals surface area contributed by atoms with Crippen LogP contribution in [0.3, 0.4) is 0 Å². The second kappa shape index (κ2) is 8.84. The van der Waals surface area contributed by atoms with Crippen LogP contribution in [0.15, 0.2) is 77.7 Å². The van der Waals surface area contributed by atoms with Gasteiger partial charge in [0.05, 0.1) is 10.6 Å². The van der Waals surface area contributed by atoms with Crippen molar-refractivity contribution < 1.29 is 18.0 Å². The summed E-state index contributed by atoms with van der Waals surface area (Å²) in [6.45, 7) is 1.83. The molecule has 0 radical (unpaired) electrons. The summed E-state index contributed by atoms with van der Waals surface area (Å²) in [5.41, 5.74) is 3.13. The Morgan fingerprint density at radius 3 is 2.28 bits per heavy atom. The third kappa shape index (κ3) is 4.50. The molecule has 8 heteroatoms. The van der Waals surface area contributed by atoms with Gasteiger partial charge in [0.2, 0.25) is 5.91 Å². The highest BCUT2D eigenvalue weighted by atomic mass is 32.2. The van der Waals surface area contributed by atoms with Gasteiger partial charge in [0.15, 0.2) is 0 Å². The van der Waals surface area contributed by atoms with E-state index in [1.54, 1.807) is 24.3 Å². The standard InChI is InChI=1S/C24H23N3O4S/c1-17(28)25-20-8-4-9-21(16-20)26-24(29)19-11-13-22(14-12-19)32(30,31)27-15-5-7-18-6-2-3-10-23(18)27/h2-4,6,8-14,16H,5,7,15H2,1H3,(H,25,28)(H,26,29). The average Bonchev–Trinajstić information content (AvgIpc) is 2.78. The maximum atomic E-state index is 13.2. The number of sulfonamides is 1. The van der Waals surface area contributed by atoms with Crippen LogP contribution in [0.25, 0.3) is 0 Å². The smallest absolute Gasteiger partial charge is 0.264 e. The molecule has 2 amide bonds. The summed E-state index contributed by atoms with van der Waals surface area (Å²) >= 11 is 0. The van der Waals surface area contributed by atoms with Gasteiger partial charge in [0.25, 0.3) is 15.9 Å². The van der Waals surface area contributed by atoms with Crippen LogP contribution in [0, 0.1) is 0 Å². The van der Waals surface area contributed by atoms with Crippen molar-refractivity contribution in [3.63, 3.8) is 0 Å². The fraction of sp³-hybridized carbons (Fsp3) is 0.167. The van der Waals surface area contributed by atoms with E-state index in [0.717, 1.165) is 18.4 Å². The molecular weight excluding hydrogens is 426 g/mol. The minimum absolute atomic E-state index is 0.137. The van der Waals surface area contributed by atoms with E-state index in [2.05, 4.69) is 10.6 Å². The Morgan fingerprint density at radius 2 is 1.56 bits per heavy atom. The van der Waals surface area contributed by atoms with Crippen molar-refractivity contribution in [2.24, 2.45) is 0 Å². The largest absolute Gasteiger partial charge is 0.326 e. The molecule has 3 aromatic carbocycles. The van der Waals surface area contributed by atoms with Crippen molar-refractivity contribution >= 4 is 38.9 Å². The van der Waals surface area contributed by atoms with Crippen molar-refractivity contribution in [1.29, 1.82) is 0 Å². The van der Waals surface area contributed by atoms with Gasteiger partial charge in [-0.25, -0.2) is 8.42 Å². The van der Waals surface area contributed by atoms with Gasteiger partial charge >= 0.3 is 0 Å². The van der Waals surface area contributed by atoms with Gasteiger partial charge in [-0.1, -0.05) is 24.3 Å². The molecule has 7 nitrogen and oxygen atoms in total. The summed E-state index contributed by atoms with van der Waals surface area (Å²) in [7, 11) is -3.73. The number of aryl methyl sites for hydroxylation is 1. The molecule has 32 heavy (non-hydrogen) atoms. The highest BCUT2D eigenvalue weighted by molar-refractivity contribution is 7.92. The Morgan fingerprint density at radius 1 is 0.875 bits per heavy atom. The first-order valence-corrected chi connectivity index (χ1v) is 11.7. The minimum atomic E-state index is -3.73. The molecule has 4 rings (SSSR count). The lowest BCUT2D eigenvalue weighted by atomic mass is 10.0. The van der Waals surface area contributed by atoms with Gasteiger partial charge in [0.1, 0.15) is 0 Å². The van der Waals surface area contributed by atoms with Gasteiger partial charge in [0, 0.05) is 30.4 Å². The second-order valence-corrected chi connectivity index (χ2v) is 9.41. The van der Waals surface area contributed by atoms with Crippen molar-refractivity contribution in [2.75, 3.05) is 21.5 Å². The van der Waals surface area contributed by atoms with Gasteiger partial charge in [-0.05, 0) is 66.9 Å². The number of para-hydroxylation sites is 1. The van der Waals surface area contributed by atoms with Crippen molar-refractivity contribution in [3.05, 3.63) is 83.9 Å². The first-order chi connectivity index (χ1) is 15.3. The summed E-state index contributed by atoms with van der Waals surface area (Å²) in [6, 6.07) is 20.2. The molecule has 0 bridgehead atoms. The highest BCUT2D eigenvalue weighted by Gasteiger charge is 2.28. The van der Waals surface area contributed by atoms with Crippen LogP contribution in [0.5, 0.6) is 0 Å². The molecule has 1 aliphatic rings. The SMILES string of the molecule is CC(=O)Nc1cccc(NC(=O)c2ccc(S(=O)(=O)N3CCCc4ccccc43)cc2)c1. The van der Waals surface area contributed by atoms with Gasteiger partial charge in [-0.3, -0.25) is 13.9 Å². The molecule has 0 saturated heterocycles. The molecular formula is C24H23N3O4S. The van der Waals surface area contributed by atoms with E-state index in [9.17, 15) is 18.0 Å². The van der Waals surface area contributed by atoms with Crippen molar-refractivity contribution in [3.8, 4) is 0 Å². The minimum Gasteiger partial charge on any atom is -0.326 e. The summed E-state index contributed by atoms with van der Waals surface area (Å²) < 4.78 is 27.9. The molecule has 0 aromatic heterocycles. The van der Waals surface area contributed by atoms with Crippen LogP contribution in [0.2, 0.25) is 0 Å². The normalized spacial score (nSPS) is 13.2. The summed E-state index contributed by atoms with van der Waals surface area (Å²) in [5, 5.41) is 5.42. The predicted molar refractivity (Wildman–Crippen MR) is 124 cm³/mol. The van der Waals surface area contributed by atoms with E-state index >= 15 is 0 Å². The zero-order valence-corrected chi connectivity index (χ0v) is 18.4. The van der Waals surface area contributed by atoms with Crippen LogP contribution in [-0.2, 0) is 21.2 Å². The van der Waals surface area contributed by atoms with Crippen molar-refractivity contribution in [2.45, 2.75) is 24.7 Å². The van der Waals surface area contributed by atoms with Gasteiger partial charge in [-0.15, -0.1) is 0 Å². The van der Waals surface area contributed by atoms with Crippen LogP contribution in [-0.4, -0.2) is 26.8 Å². The van der Waals surface area contributed by atoms with E-state index in [-0.39, 0.29) is 16.7 Å². The van der Waals surface area contributed by atoms with E-state index in [0.29, 0.717) is 29.2 Å². The molecule has 0 spiro atoms. The van der Waals surface area contributed by atoms with E-state index in [4.69, 9.17) is 0 Å². The lowest BCUT2D eigenvalue weighted by molar-refractivity contribution is -0.114. The lowest BCUT2D eigenvalue weighted by Crippen LogP contribution is -2.35. The number of amides is 2. The first-order valence-electron chi connectivity index (χ1n) is 10.2. The average molecular weight is 450 g/mol. The molecule has 0 saturated carbocycles. The summed E-state index contributed by atoms with van der Waals surface area (Å²) in [5.74, 6) is -0.584. The summed E-state index contributed by atoms with van der Waals surface area (Å²) in [6.07, 6.45) is 1.61. The Bertz CT molecular complexity index is 1270. The van der Waals surface area contributed by atoms with Crippen LogP contribution in [0.4, 0.5) is 17.1 Å². The number of benzene rings is 3. The number of nitrogens with one attached hydrogen (secondary N) is 2. The maximum Gasteiger partial charge on any atom is 0.264 e. The number of hydrogen-bond donors (Lipinski definition) is 2. The topological polar surface area (TPSA) is 95.6 Å². The number of carbonyl (C=O) groups is 2. The van der Waals surface area contributed by atoms with Crippen LogP contribution < -0.4 is 14.9 Å². The lowest BCUT2D eigenvalue weighted by Gasteiger charge is -2.30. The molecule has 1 aliphatic heterocycles. The molecule has 0 unspecified atom stereocenters. The quantitative estimate of drug-likeness (QED) is 0.615. The maximum absolute atomic E-state index is 13.2. The molecule has 0 atom stereocenters. The third-order valence-electron chi connectivity index (χ3n) is 5.21. The van der Waals surface area contributed by atoms with Gasteiger partial charge in [-0.2, -0.15) is 0 Å². The molecule has 2 N–H and O–H groups in total. The van der Waals surface area contributed by atoms with Crippen LogP contribution in [0.1, 0.15) is 29.3 Å². The Kier molecular flexibility index (Phi) is 5.96. The predicted octanol–water partition coefficient (Wildman–Crippen LogP) is 4.04. The molecule has 3 aromatic rings. The second-order valence-electron chi connectivity index (χ2n) is 7.55. The highest BCUT2D eigenvalue weighted by Crippen LogP contribution is 2.31. The number of fused-ring (bicyclic) bond motifs is 1. The number of rotatable bonds is 5. The van der Waals surface area contributed by atoms with Crippen molar-refractivity contribution in [1.82, 2.24) is 0 Å². The Labute approximate surface area is 187 Å². The number of anilines is 3. The van der Waals surface area contributed by atoms with E-state index in [1.807, 2.05) is 24.3 Å². The molecule has 0 aliphatic carbocycles. The van der Waals surface area contributed by atoms with Crippen LogP contribution >= 0.6 is 0 Å². The number of nitrogens with zero attached hydrogens (tertiary/aromatic N) is 1. The fourth-order valence-corrected chi connectivity index (χ4v) is 5.28. The molecule has 0 fully saturated rings. The Hall–Kier alpha value is -3.65. The van der Waals surface area contributed by atoms with Gasteiger partial charge < -0.3 is 10.6 Å². The van der Waals surface area contributed by atoms with E-state index < -0.39 is 10.0 Å². The fourth-order valence-electron chi connectivity index (χ4n) is 3.74. The summed E-state index contributed by atoms with van der Waals surface area (Å²) in [4.78, 5) is 24.0. The Balaban J connectivity index is 1.52. The number of carbonyl (C=O) groups excluding carboxylic acids is 2. The monoisotopic (exact) mass is 449 g/mol. The first kappa shape index (κ1) is 21.6. The zero-order chi connectivity index (χ0) is 22.7.